The monoisotopic (exact) mass is 350 g/mol. The minimum absolute atomic E-state index is 0.239. The number of hydrogen-bond donors (Lipinski definition) is 2. The van der Waals surface area contributed by atoms with Gasteiger partial charge >= 0.3 is 5.97 Å². The largest absolute Gasteiger partial charge is 0.481 e. The average molecular weight is 350 g/mol. The molecule has 0 saturated carbocycles. The number of ether oxygens (including phenoxy) is 1. The first-order chi connectivity index (χ1) is 12.1. The molecule has 0 spiro atoms. The third-order valence-electron chi connectivity index (χ3n) is 5.48. The number of aliphatic hydroxyl groups excluding tert-OH is 1. The fourth-order valence-electron chi connectivity index (χ4n) is 4.09. The summed E-state index contributed by atoms with van der Waals surface area (Å²) in [7, 11) is 0. The Balaban J connectivity index is 1.78. The first kappa shape index (κ1) is 20.2. The molecule has 2 unspecified atom stereocenters. The highest BCUT2D eigenvalue weighted by Gasteiger charge is 2.46. The third kappa shape index (κ3) is 6.59. The van der Waals surface area contributed by atoms with Crippen molar-refractivity contribution in [1.82, 2.24) is 0 Å². The van der Waals surface area contributed by atoms with E-state index in [-0.39, 0.29) is 12.5 Å². The van der Waals surface area contributed by atoms with Gasteiger partial charge in [0.1, 0.15) is 0 Å². The second kappa shape index (κ2) is 10.8. The maximum atomic E-state index is 10.5. The molecule has 0 aromatic rings. The van der Waals surface area contributed by atoms with Crippen LogP contribution in [0.15, 0.2) is 24.3 Å². The minimum Gasteiger partial charge on any atom is -0.481 e. The molecular formula is C21H34O4. The molecule has 2 aliphatic rings. The van der Waals surface area contributed by atoms with E-state index in [4.69, 9.17) is 9.84 Å². The Hall–Kier alpha value is -1.13. The molecule has 2 N–H and O–H groups in total. The van der Waals surface area contributed by atoms with Crippen molar-refractivity contribution in [2.45, 2.75) is 89.4 Å². The number of rotatable bonds is 12. The molecule has 2 saturated heterocycles. The lowest BCUT2D eigenvalue weighted by atomic mass is 9.77. The first-order valence-corrected chi connectivity index (χ1v) is 10.0. The second-order valence-corrected chi connectivity index (χ2v) is 7.47. The summed E-state index contributed by atoms with van der Waals surface area (Å²) in [5, 5.41) is 18.8. The lowest BCUT2D eigenvalue weighted by Crippen LogP contribution is -2.25. The van der Waals surface area contributed by atoms with Crippen molar-refractivity contribution in [3.05, 3.63) is 24.3 Å². The number of aliphatic carboxylic acids is 1. The summed E-state index contributed by atoms with van der Waals surface area (Å²) in [6, 6.07) is 0. The lowest BCUT2D eigenvalue weighted by molar-refractivity contribution is -0.137. The van der Waals surface area contributed by atoms with E-state index in [0.717, 1.165) is 38.5 Å². The van der Waals surface area contributed by atoms with Gasteiger partial charge in [0.05, 0.1) is 18.3 Å². The Morgan fingerprint density at radius 3 is 2.76 bits per heavy atom. The molecule has 0 aromatic heterocycles. The molecular weight excluding hydrogens is 316 g/mol. The van der Waals surface area contributed by atoms with Crippen molar-refractivity contribution >= 4 is 5.97 Å². The summed E-state index contributed by atoms with van der Waals surface area (Å²) >= 11 is 0. The number of carboxylic acid groups (broad SMARTS) is 1. The number of hydrogen-bond acceptors (Lipinski definition) is 3. The Morgan fingerprint density at radius 2 is 2.00 bits per heavy atom. The molecule has 2 rings (SSSR count). The van der Waals surface area contributed by atoms with Crippen LogP contribution >= 0.6 is 0 Å². The summed E-state index contributed by atoms with van der Waals surface area (Å²) in [4.78, 5) is 10.5. The fraction of sp³-hybridized carbons (Fsp3) is 0.762. The maximum absolute atomic E-state index is 10.5. The molecule has 4 nitrogen and oxygen atoms in total. The summed E-state index contributed by atoms with van der Waals surface area (Å²) in [5.41, 5.74) is 0. The van der Waals surface area contributed by atoms with Crippen LogP contribution in [-0.4, -0.2) is 34.5 Å². The standard InChI is InChI=1S/C21H34O4/c1-2-3-6-9-16(22)12-13-18-17(19-14-15-20(18)25-19)10-7-4-5-8-11-21(23)24/h4,7,12-13,16-20,22H,2-3,5-6,8-11,14-15H2,1H3,(H,23,24)/b7-4-,13-12+/t16-,17-,18+,19?,20?/m1/s1. The molecule has 5 atom stereocenters. The predicted octanol–water partition coefficient (Wildman–Crippen LogP) is 4.48. The molecule has 2 bridgehead atoms. The molecule has 0 aromatic carbocycles. The van der Waals surface area contributed by atoms with E-state index < -0.39 is 5.97 Å². The highest BCUT2D eigenvalue weighted by molar-refractivity contribution is 5.66. The van der Waals surface area contributed by atoms with Crippen LogP contribution in [0, 0.1) is 11.8 Å². The third-order valence-corrected chi connectivity index (χ3v) is 5.48. The number of carbonyl (C=O) groups is 1. The van der Waals surface area contributed by atoms with Gasteiger partial charge in [-0.25, -0.2) is 0 Å². The van der Waals surface area contributed by atoms with Crippen LogP contribution in [0.5, 0.6) is 0 Å². The van der Waals surface area contributed by atoms with Gasteiger partial charge in [0.15, 0.2) is 0 Å². The van der Waals surface area contributed by atoms with Crippen molar-refractivity contribution in [3.63, 3.8) is 0 Å². The number of unbranched alkanes of at least 4 members (excludes halogenated alkanes) is 3. The van der Waals surface area contributed by atoms with Crippen LogP contribution in [-0.2, 0) is 9.53 Å². The van der Waals surface area contributed by atoms with Crippen LogP contribution in [0.1, 0.15) is 71.1 Å². The molecule has 2 fully saturated rings. The molecule has 0 aliphatic carbocycles. The smallest absolute Gasteiger partial charge is 0.303 e. The molecule has 4 heteroatoms. The second-order valence-electron chi connectivity index (χ2n) is 7.47. The molecule has 25 heavy (non-hydrogen) atoms. The lowest BCUT2D eigenvalue weighted by Gasteiger charge is -2.25. The van der Waals surface area contributed by atoms with Crippen molar-refractivity contribution < 1.29 is 19.7 Å². The van der Waals surface area contributed by atoms with Gasteiger partial charge < -0.3 is 14.9 Å². The molecule has 142 valence electrons. The van der Waals surface area contributed by atoms with Crippen LogP contribution in [0.4, 0.5) is 0 Å². The van der Waals surface area contributed by atoms with Crippen molar-refractivity contribution in [2.75, 3.05) is 0 Å². The number of aliphatic hydroxyl groups is 1. The predicted molar refractivity (Wildman–Crippen MR) is 99.4 cm³/mol. The van der Waals surface area contributed by atoms with Gasteiger partial charge in [-0.2, -0.15) is 0 Å². The van der Waals surface area contributed by atoms with Gasteiger partial charge in [-0.05, 0) is 44.4 Å². The Morgan fingerprint density at radius 1 is 1.20 bits per heavy atom. The summed E-state index contributed by atoms with van der Waals surface area (Å²) < 4.78 is 6.09. The Kier molecular flexibility index (Phi) is 8.70. The summed E-state index contributed by atoms with van der Waals surface area (Å²) in [6.45, 7) is 2.18. The molecule has 0 radical (unpaired) electrons. The zero-order valence-electron chi connectivity index (χ0n) is 15.5. The highest BCUT2D eigenvalue weighted by Crippen LogP contribution is 2.45. The number of allylic oxidation sites excluding steroid dienone is 2. The summed E-state index contributed by atoms with van der Waals surface area (Å²) in [6.07, 6.45) is 18.1. The van der Waals surface area contributed by atoms with Crippen molar-refractivity contribution in [2.24, 2.45) is 11.8 Å². The van der Waals surface area contributed by atoms with Gasteiger partial charge in [0.2, 0.25) is 0 Å². The normalized spacial score (nSPS) is 29.8. The van der Waals surface area contributed by atoms with Crippen LogP contribution in [0.25, 0.3) is 0 Å². The Bertz CT molecular complexity index is 457. The van der Waals surface area contributed by atoms with Gasteiger partial charge in [-0.1, -0.05) is 50.5 Å². The SMILES string of the molecule is CCCCC[C@@H](O)/C=C/[C@@H]1C2CCC(O2)[C@@H]1C/C=C\CCCC(=O)O. The number of carboxylic acids is 1. The van der Waals surface area contributed by atoms with Crippen molar-refractivity contribution in [3.8, 4) is 0 Å². The molecule has 0 amide bonds. The van der Waals surface area contributed by atoms with E-state index in [9.17, 15) is 9.90 Å². The quantitative estimate of drug-likeness (QED) is 0.402. The van der Waals surface area contributed by atoms with Gasteiger partial charge in [0.25, 0.3) is 0 Å². The van der Waals surface area contributed by atoms with E-state index in [1.54, 1.807) is 0 Å². The summed E-state index contributed by atoms with van der Waals surface area (Å²) in [5.74, 6) is 0.175. The minimum atomic E-state index is -0.724. The van der Waals surface area contributed by atoms with Crippen LogP contribution in [0.3, 0.4) is 0 Å². The zero-order chi connectivity index (χ0) is 18.1. The Labute approximate surface area is 152 Å². The average Bonchev–Trinajstić information content (AvgIpc) is 3.17. The maximum Gasteiger partial charge on any atom is 0.303 e. The van der Waals surface area contributed by atoms with E-state index in [1.807, 2.05) is 6.08 Å². The van der Waals surface area contributed by atoms with Gasteiger partial charge in [-0.15, -0.1) is 0 Å². The van der Waals surface area contributed by atoms with E-state index >= 15 is 0 Å². The fourth-order valence-corrected chi connectivity index (χ4v) is 4.09. The van der Waals surface area contributed by atoms with E-state index in [0.29, 0.717) is 30.5 Å². The molecule has 2 aliphatic heterocycles. The zero-order valence-corrected chi connectivity index (χ0v) is 15.5. The molecule has 2 heterocycles. The highest BCUT2D eigenvalue weighted by atomic mass is 16.5. The van der Waals surface area contributed by atoms with Gasteiger partial charge in [-0.3, -0.25) is 4.79 Å². The van der Waals surface area contributed by atoms with E-state index in [2.05, 4.69) is 25.2 Å². The first-order valence-electron chi connectivity index (χ1n) is 10.0. The van der Waals surface area contributed by atoms with E-state index in [1.165, 1.54) is 12.8 Å². The van der Waals surface area contributed by atoms with Gasteiger partial charge in [0, 0.05) is 12.3 Å². The van der Waals surface area contributed by atoms with Crippen LogP contribution < -0.4 is 0 Å². The van der Waals surface area contributed by atoms with Crippen molar-refractivity contribution in [1.29, 1.82) is 0 Å². The van der Waals surface area contributed by atoms with Crippen LogP contribution in [0.2, 0.25) is 0 Å². The topological polar surface area (TPSA) is 66.8 Å². The number of fused-ring (bicyclic) bond motifs is 2.